The summed E-state index contributed by atoms with van der Waals surface area (Å²) in [5.41, 5.74) is 7.44. The first-order valence-electron chi connectivity index (χ1n) is 6.26. The Bertz CT molecular complexity index is 554. The van der Waals surface area contributed by atoms with Crippen LogP contribution in [0.15, 0.2) is 54.6 Å². The van der Waals surface area contributed by atoms with Gasteiger partial charge in [-0.25, -0.2) is 4.39 Å². The molecule has 2 nitrogen and oxygen atoms in total. The van der Waals surface area contributed by atoms with Crippen LogP contribution < -0.4 is 5.73 Å². The first kappa shape index (κ1) is 13.4. The number of rotatable bonds is 5. The molecule has 1 atom stereocenters. The fourth-order valence-corrected chi connectivity index (χ4v) is 1.96. The lowest BCUT2D eigenvalue weighted by Crippen LogP contribution is -2.12. The highest BCUT2D eigenvalue weighted by Gasteiger charge is 2.11. The van der Waals surface area contributed by atoms with E-state index < -0.39 is 5.82 Å². The molecule has 2 N–H and O–H groups in total. The Kier molecular flexibility index (Phi) is 4.42. The van der Waals surface area contributed by atoms with Crippen molar-refractivity contribution in [1.82, 2.24) is 0 Å². The van der Waals surface area contributed by atoms with Crippen LogP contribution >= 0.6 is 0 Å². The van der Waals surface area contributed by atoms with Crippen LogP contribution in [0.5, 0.6) is 0 Å². The molecule has 2 aromatic rings. The summed E-state index contributed by atoms with van der Waals surface area (Å²) in [7, 11) is 0. The zero-order chi connectivity index (χ0) is 13.7. The smallest absolute Gasteiger partial charge is 0.163 e. The van der Waals surface area contributed by atoms with E-state index >= 15 is 0 Å². The van der Waals surface area contributed by atoms with Crippen molar-refractivity contribution in [2.75, 3.05) is 0 Å². The summed E-state index contributed by atoms with van der Waals surface area (Å²) in [4.78, 5) is 11.9. The Hall–Kier alpha value is -2.00. The van der Waals surface area contributed by atoms with E-state index in [9.17, 15) is 9.18 Å². The van der Waals surface area contributed by atoms with Crippen LogP contribution in [0.1, 0.15) is 34.8 Å². The summed E-state index contributed by atoms with van der Waals surface area (Å²) < 4.78 is 13.0. The van der Waals surface area contributed by atoms with Crippen molar-refractivity contribution in [3.63, 3.8) is 0 Å². The van der Waals surface area contributed by atoms with E-state index in [4.69, 9.17) is 5.73 Å². The minimum absolute atomic E-state index is 0.0779. The molecule has 0 aliphatic heterocycles. The van der Waals surface area contributed by atoms with E-state index in [2.05, 4.69) is 0 Å². The second-order valence-corrected chi connectivity index (χ2v) is 4.49. The van der Waals surface area contributed by atoms with Crippen molar-refractivity contribution in [3.05, 3.63) is 71.5 Å². The van der Waals surface area contributed by atoms with Crippen molar-refractivity contribution >= 4 is 5.78 Å². The van der Waals surface area contributed by atoms with Gasteiger partial charge >= 0.3 is 0 Å². The van der Waals surface area contributed by atoms with Crippen LogP contribution in [0.25, 0.3) is 0 Å². The van der Waals surface area contributed by atoms with Gasteiger partial charge in [0.1, 0.15) is 5.82 Å². The first-order chi connectivity index (χ1) is 9.16. The van der Waals surface area contributed by atoms with Crippen molar-refractivity contribution < 1.29 is 9.18 Å². The molecule has 19 heavy (non-hydrogen) atoms. The van der Waals surface area contributed by atoms with E-state index in [0.717, 1.165) is 5.56 Å². The second-order valence-electron chi connectivity index (χ2n) is 4.49. The maximum atomic E-state index is 13.0. The molecule has 0 bridgehead atoms. The van der Waals surface area contributed by atoms with Crippen molar-refractivity contribution in [2.45, 2.75) is 18.9 Å². The zero-order valence-electron chi connectivity index (χ0n) is 10.6. The van der Waals surface area contributed by atoms with E-state index in [-0.39, 0.29) is 11.8 Å². The SMILES string of the molecule is NC(CCC(=O)c1cccc(F)c1)c1ccccc1. The minimum Gasteiger partial charge on any atom is -0.324 e. The molecule has 0 aromatic heterocycles. The van der Waals surface area contributed by atoms with Crippen LogP contribution in [0.4, 0.5) is 4.39 Å². The molecule has 0 heterocycles. The molecule has 1 unspecified atom stereocenters. The number of hydrogen-bond donors (Lipinski definition) is 1. The molecular formula is C16H16FNO. The van der Waals surface area contributed by atoms with Crippen LogP contribution in [0.2, 0.25) is 0 Å². The molecule has 2 aromatic carbocycles. The van der Waals surface area contributed by atoms with Crippen molar-refractivity contribution in [2.24, 2.45) is 5.73 Å². The van der Waals surface area contributed by atoms with Gasteiger partial charge < -0.3 is 5.73 Å². The molecule has 3 heteroatoms. The summed E-state index contributed by atoms with van der Waals surface area (Å²) in [5.74, 6) is -0.468. The highest BCUT2D eigenvalue weighted by atomic mass is 19.1. The number of hydrogen-bond acceptors (Lipinski definition) is 2. The first-order valence-corrected chi connectivity index (χ1v) is 6.26. The minimum atomic E-state index is -0.391. The summed E-state index contributed by atoms with van der Waals surface area (Å²) in [6.45, 7) is 0. The average Bonchev–Trinajstić information content (AvgIpc) is 2.45. The Balaban J connectivity index is 1.94. The third-order valence-electron chi connectivity index (χ3n) is 3.06. The fourth-order valence-electron chi connectivity index (χ4n) is 1.96. The summed E-state index contributed by atoms with van der Waals surface area (Å²) in [6, 6.07) is 15.2. The number of halogens is 1. The fraction of sp³-hybridized carbons (Fsp3) is 0.188. The Labute approximate surface area is 112 Å². The normalized spacial score (nSPS) is 12.1. The average molecular weight is 257 g/mol. The Morgan fingerprint density at radius 1 is 1.11 bits per heavy atom. The molecular weight excluding hydrogens is 241 g/mol. The van der Waals surface area contributed by atoms with Crippen molar-refractivity contribution in [1.29, 1.82) is 0 Å². The lowest BCUT2D eigenvalue weighted by atomic mass is 9.99. The molecule has 0 amide bonds. The van der Waals surface area contributed by atoms with E-state index in [1.54, 1.807) is 12.1 Å². The zero-order valence-corrected chi connectivity index (χ0v) is 10.6. The summed E-state index contributed by atoms with van der Waals surface area (Å²) in [5, 5.41) is 0. The van der Waals surface area contributed by atoms with E-state index in [1.165, 1.54) is 12.1 Å². The Morgan fingerprint density at radius 3 is 2.53 bits per heavy atom. The summed E-state index contributed by atoms with van der Waals surface area (Å²) >= 11 is 0. The molecule has 0 radical (unpaired) electrons. The molecule has 0 saturated carbocycles. The topological polar surface area (TPSA) is 43.1 Å². The number of carbonyl (C=O) groups is 1. The number of nitrogens with two attached hydrogens (primary N) is 1. The van der Waals surface area contributed by atoms with Gasteiger partial charge in [0.25, 0.3) is 0 Å². The number of Topliss-reactive ketones (excluding diaryl/α,β-unsaturated/α-hetero) is 1. The van der Waals surface area contributed by atoms with Gasteiger partial charge in [-0.15, -0.1) is 0 Å². The van der Waals surface area contributed by atoms with Gasteiger partial charge in [-0.3, -0.25) is 4.79 Å². The molecule has 0 saturated heterocycles. The van der Waals surface area contributed by atoms with E-state index in [1.807, 2.05) is 30.3 Å². The quantitative estimate of drug-likeness (QED) is 0.833. The third kappa shape index (κ3) is 3.73. The Morgan fingerprint density at radius 2 is 1.84 bits per heavy atom. The van der Waals surface area contributed by atoms with Gasteiger partial charge in [0.2, 0.25) is 0 Å². The molecule has 0 aliphatic rings. The maximum absolute atomic E-state index is 13.0. The lowest BCUT2D eigenvalue weighted by Gasteiger charge is -2.11. The van der Waals surface area contributed by atoms with Gasteiger partial charge in [0.15, 0.2) is 5.78 Å². The lowest BCUT2D eigenvalue weighted by molar-refractivity contribution is 0.0977. The highest BCUT2D eigenvalue weighted by molar-refractivity contribution is 5.96. The molecule has 0 spiro atoms. The number of carbonyl (C=O) groups excluding carboxylic acids is 1. The predicted octanol–water partition coefficient (Wildman–Crippen LogP) is 3.49. The van der Waals surface area contributed by atoms with Gasteiger partial charge in [-0.05, 0) is 24.1 Å². The van der Waals surface area contributed by atoms with Gasteiger partial charge in [0.05, 0.1) is 0 Å². The highest BCUT2D eigenvalue weighted by Crippen LogP contribution is 2.17. The number of ketones is 1. The molecule has 0 aliphatic carbocycles. The third-order valence-corrected chi connectivity index (χ3v) is 3.06. The van der Waals surface area contributed by atoms with Gasteiger partial charge in [0, 0.05) is 18.0 Å². The van der Waals surface area contributed by atoms with Gasteiger partial charge in [-0.1, -0.05) is 42.5 Å². The van der Waals surface area contributed by atoms with Crippen LogP contribution in [-0.2, 0) is 0 Å². The summed E-state index contributed by atoms with van der Waals surface area (Å²) in [6.07, 6.45) is 0.874. The predicted molar refractivity (Wildman–Crippen MR) is 73.3 cm³/mol. The molecule has 98 valence electrons. The second kappa shape index (κ2) is 6.25. The van der Waals surface area contributed by atoms with Crippen LogP contribution in [0, 0.1) is 5.82 Å². The largest absolute Gasteiger partial charge is 0.324 e. The monoisotopic (exact) mass is 257 g/mol. The van der Waals surface area contributed by atoms with Gasteiger partial charge in [-0.2, -0.15) is 0 Å². The van der Waals surface area contributed by atoms with E-state index in [0.29, 0.717) is 18.4 Å². The van der Waals surface area contributed by atoms with Crippen LogP contribution in [-0.4, -0.2) is 5.78 Å². The molecule has 2 rings (SSSR count). The number of benzene rings is 2. The van der Waals surface area contributed by atoms with Crippen LogP contribution in [0.3, 0.4) is 0 Å². The maximum Gasteiger partial charge on any atom is 0.163 e. The van der Waals surface area contributed by atoms with Crippen molar-refractivity contribution in [3.8, 4) is 0 Å². The molecule has 0 fully saturated rings. The standard InChI is InChI=1S/C16H16FNO/c17-14-8-4-7-13(11-14)16(19)10-9-15(18)12-5-2-1-3-6-12/h1-8,11,15H,9-10,18H2.